The molecule has 104 valence electrons. The lowest BCUT2D eigenvalue weighted by atomic mass is 10.2. The van der Waals surface area contributed by atoms with Crippen molar-refractivity contribution >= 4 is 5.91 Å². The van der Waals surface area contributed by atoms with Crippen molar-refractivity contribution in [2.45, 2.75) is 39.2 Å². The van der Waals surface area contributed by atoms with Crippen LogP contribution in [-0.2, 0) is 4.79 Å². The third-order valence-corrected chi connectivity index (χ3v) is 3.69. The zero-order chi connectivity index (χ0) is 13.0. The first-order chi connectivity index (χ1) is 8.66. The van der Waals surface area contributed by atoms with Crippen molar-refractivity contribution < 1.29 is 4.79 Å². The highest BCUT2D eigenvalue weighted by atomic mass is 16.2. The number of nitrogens with one attached hydrogen (secondary N) is 1. The molecule has 4 nitrogen and oxygen atoms in total. The summed E-state index contributed by atoms with van der Waals surface area (Å²) >= 11 is 0. The van der Waals surface area contributed by atoms with Crippen LogP contribution in [0.4, 0.5) is 0 Å². The maximum atomic E-state index is 12.3. The zero-order valence-corrected chi connectivity index (χ0v) is 11.8. The molecule has 1 saturated heterocycles. The smallest absolute Gasteiger partial charge is 0.236 e. The Morgan fingerprint density at radius 1 is 1.33 bits per heavy atom. The molecule has 2 fully saturated rings. The topological polar surface area (TPSA) is 35.6 Å². The Hall–Kier alpha value is -0.610. The molecule has 1 amide bonds. The average Bonchev–Trinajstić information content (AvgIpc) is 3.15. The number of hydrogen-bond donors (Lipinski definition) is 1. The monoisotopic (exact) mass is 253 g/mol. The lowest BCUT2D eigenvalue weighted by molar-refractivity contribution is -0.132. The highest BCUT2D eigenvalue weighted by Gasteiger charge is 2.31. The van der Waals surface area contributed by atoms with E-state index in [0.29, 0.717) is 24.4 Å². The molecule has 0 aromatic rings. The molecule has 2 rings (SSSR count). The van der Waals surface area contributed by atoms with Crippen LogP contribution in [0.3, 0.4) is 0 Å². The van der Waals surface area contributed by atoms with E-state index in [9.17, 15) is 4.79 Å². The van der Waals surface area contributed by atoms with Crippen LogP contribution in [0.5, 0.6) is 0 Å². The fourth-order valence-corrected chi connectivity index (χ4v) is 2.62. The summed E-state index contributed by atoms with van der Waals surface area (Å²) in [7, 11) is 0. The molecule has 18 heavy (non-hydrogen) atoms. The maximum absolute atomic E-state index is 12.3. The summed E-state index contributed by atoms with van der Waals surface area (Å²) in [5.41, 5.74) is 0. The number of hydrogen-bond acceptors (Lipinski definition) is 3. The van der Waals surface area contributed by atoms with E-state index in [4.69, 9.17) is 0 Å². The minimum atomic E-state index is 0.325. The Labute approximate surface area is 111 Å². The molecule has 0 aromatic carbocycles. The van der Waals surface area contributed by atoms with E-state index in [2.05, 4.69) is 24.1 Å². The van der Waals surface area contributed by atoms with E-state index >= 15 is 0 Å². The van der Waals surface area contributed by atoms with Gasteiger partial charge in [0.25, 0.3) is 0 Å². The first-order valence-electron chi connectivity index (χ1n) is 7.39. The SMILES string of the molecule is CC(C)CN(CC(=O)N1CCCNCC1)C1CC1. The van der Waals surface area contributed by atoms with E-state index in [0.717, 1.165) is 39.1 Å². The van der Waals surface area contributed by atoms with E-state index in [-0.39, 0.29) is 0 Å². The van der Waals surface area contributed by atoms with Crippen LogP contribution in [0.1, 0.15) is 33.1 Å². The van der Waals surface area contributed by atoms with Gasteiger partial charge in [0.05, 0.1) is 6.54 Å². The van der Waals surface area contributed by atoms with Gasteiger partial charge in [-0.15, -0.1) is 0 Å². The molecule has 0 aromatic heterocycles. The van der Waals surface area contributed by atoms with Crippen LogP contribution in [0.25, 0.3) is 0 Å². The van der Waals surface area contributed by atoms with Crippen molar-refractivity contribution in [2.24, 2.45) is 5.92 Å². The quantitative estimate of drug-likeness (QED) is 0.792. The van der Waals surface area contributed by atoms with Gasteiger partial charge in [0.2, 0.25) is 5.91 Å². The minimum absolute atomic E-state index is 0.325. The van der Waals surface area contributed by atoms with Crippen LogP contribution in [-0.4, -0.2) is 61.0 Å². The molecule has 1 aliphatic carbocycles. The number of nitrogens with zero attached hydrogens (tertiary/aromatic N) is 2. The molecule has 4 heteroatoms. The van der Waals surface area contributed by atoms with Gasteiger partial charge in [0, 0.05) is 32.2 Å². The van der Waals surface area contributed by atoms with Crippen LogP contribution in [0.15, 0.2) is 0 Å². The van der Waals surface area contributed by atoms with E-state index in [1.807, 2.05) is 4.90 Å². The second-order valence-corrected chi connectivity index (χ2v) is 6.04. The number of rotatable bonds is 5. The standard InChI is InChI=1S/C14H27N3O/c1-12(2)10-17(13-4-5-13)11-14(18)16-8-3-6-15-7-9-16/h12-13,15H,3-11H2,1-2H3. The number of carbonyl (C=O) groups excluding carboxylic acids is 1. The number of carbonyl (C=O) groups is 1. The highest BCUT2D eigenvalue weighted by molar-refractivity contribution is 5.78. The Balaban J connectivity index is 1.83. The lowest BCUT2D eigenvalue weighted by Gasteiger charge is -2.27. The van der Waals surface area contributed by atoms with Gasteiger partial charge in [-0.1, -0.05) is 13.8 Å². The Morgan fingerprint density at radius 2 is 2.11 bits per heavy atom. The van der Waals surface area contributed by atoms with Gasteiger partial charge in [-0.25, -0.2) is 0 Å². The molecular weight excluding hydrogens is 226 g/mol. The highest BCUT2D eigenvalue weighted by Crippen LogP contribution is 2.27. The third kappa shape index (κ3) is 4.25. The van der Waals surface area contributed by atoms with E-state index in [1.165, 1.54) is 12.8 Å². The van der Waals surface area contributed by atoms with Crippen molar-refractivity contribution in [2.75, 3.05) is 39.3 Å². The van der Waals surface area contributed by atoms with Crippen molar-refractivity contribution in [3.8, 4) is 0 Å². The van der Waals surface area contributed by atoms with Gasteiger partial charge in [-0.2, -0.15) is 0 Å². The Kier molecular flexibility index (Phi) is 5.01. The predicted molar refractivity (Wildman–Crippen MR) is 73.5 cm³/mol. The first kappa shape index (κ1) is 13.8. The summed E-state index contributed by atoms with van der Waals surface area (Å²) in [6.45, 7) is 9.93. The maximum Gasteiger partial charge on any atom is 0.236 e. The van der Waals surface area contributed by atoms with Crippen LogP contribution < -0.4 is 5.32 Å². The van der Waals surface area contributed by atoms with Gasteiger partial charge in [0.15, 0.2) is 0 Å². The largest absolute Gasteiger partial charge is 0.340 e. The minimum Gasteiger partial charge on any atom is -0.340 e. The zero-order valence-electron chi connectivity index (χ0n) is 11.8. The van der Waals surface area contributed by atoms with E-state index in [1.54, 1.807) is 0 Å². The molecule has 0 bridgehead atoms. The van der Waals surface area contributed by atoms with Crippen LogP contribution in [0, 0.1) is 5.92 Å². The Morgan fingerprint density at radius 3 is 2.78 bits per heavy atom. The predicted octanol–water partition coefficient (Wildman–Crippen LogP) is 0.929. The van der Waals surface area contributed by atoms with Crippen molar-refractivity contribution in [3.63, 3.8) is 0 Å². The molecule has 0 spiro atoms. The third-order valence-electron chi connectivity index (χ3n) is 3.69. The number of amides is 1. The summed E-state index contributed by atoms with van der Waals surface area (Å²) in [6, 6.07) is 0.682. The molecular formula is C14H27N3O. The van der Waals surface area contributed by atoms with Gasteiger partial charge < -0.3 is 10.2 Å². The Bertz CT molecular complexity index is 268. The van der Waals surface area contributed by atoms with Crippen LogP contribution in [0.2, 0.25) is 0 Å². The van der Waals surface area contributed by atoms with Gasteiger partial charge in [0.1, 0.15) is 0 Å². The summed E-state index contributed by atoms with van der Waals surface area (Å²) < 4.78 is 0. The molecule has 0 unspecified atom stereocenters. The second-order valence-electron chi connectivity index (χ2n) is 6.04. The van der Waals surface area contributed by atoms with Crippen molar-refractivity contribution in [3.05, 3.63) is 0 Å². The molecule has 0 radical (unpaired) electrons. The van der Waals surface area contributed by atoms with Crippen molar-refractivity contribution in [1.82, 2.24) is 15.1 Å². The molecule has 2 aliphatic rings. The molecule has 1 N–H and O–H groups in total. The van der Waals surface area contributed by atoms with Gasteiger partial charge in [-0.05, 0) is 31.7 Å². The van der Waals surface area contributed by atoms with Gasteiger partial charge >= 0.3 is 0 Å². The summed E-state index contributed by atoms with van der Waals surface area (Å²) in [6.07, 6.45) is 3.64. The summed E-state index contributed by atoms with van der Waals surface area (Å²) in [5, 5.41) is 3.35. The molecule has 1 saturated carbocycles. The average molecular weight is 253 g/mol. The second kappa shape index (κ2) is 6.53. The molecule has 1 aliphatic heterocycles. The fourth-order valence-electron chi connectivity index (χ4n) is 2.62. The lowest BCUT2D eigenvalue weighted by Crippen LogP contribution is -2.43. The summed E-state index contributed by atoms with van der Waals surface area (Å²) in [5.74, 6) is 0.968. The van der Waals surface area contributed by atoms with E-state index < -0.39 is 0 Å². The fraction of sp³-hybridized carbons (Fsp3) is 0.929. The summed E-state index contributed by atoms with van der Waals surface area (Å²) in [4.78, 5) is 16.8. The van der Waals surface area contributed by atoms with Crippen LogP contribution >= 0.6 is 0 Å². The molecule has 0 atom stereocenters. The van der Waals surface area contributed by atoms with Gasteiger partial charge in [-0.3, -0.25) is 9.69 Å². The van der Waals surface area contributed by atoms with Crippen molar-refractivity contribution in [1.29, 1.82) is 0 Å². The first-order valence-corrected chi connectivity index (χ1v) is 7.39. The molecule has 1 heterocycles. The normalized spacial score (nSPS) is 21.4.